The Labute approximate surface area is 115 Å². The molecule has 2 rings (SSSR count). The molecule has 0 atom stereocenters. The van der Waals surface area contributed by atoms with Gasteiger partial charge in [-0.2, -0.15) is 5.10 Å². The molecule has 0 unspecified atom stereocenters. The second kappa shape index (κ2) is 5.56. The van der Waals surface area contributed by atoms with Gasteiger partial charge in [-0.15, -0.1) is 0 Å². The zero-order chi connectivity index (χ0) is 14.7. The summed E-state index contributed by atoms with van der Waals surface area (Å²) >= 11 is 0. The Morgan fingerprint density at radius 2 is 2.15 bits per heavy atom. The van der Waals surface area contributed by atoms with E-state index in [4.69, 9.17) is 0 Å². The molecule has 1 aromatic carbocycles. The van der Waals surface area contributed by atoms with Gasteiger partial charge in [0.05, 0.1) is 12.6 Å². The Morgan fingerprint density at radius 3 is 2.80 bits per heavy atom. The lowest BCUT2D eigenvalue weighted by molar-refractivity contribution is -0.112. The van der Waals surface area contributed by atoms with E-state index in [0.29, 0.717) is 22.2 Å². The molecule has 1 amide bonds. The van der Waals surface area contributed by atoms with Crippen LogP contribution in [0, 0.1) is 0 Å². The number of carbonyl (C=O) groups is 2. The number of ether oxygens (including phenoxy) is 1. The van der Waals surface area contributed by atoms with E-state index in [0.717, 1.165) is 0 Å². The van der Waals surface area contributed by atoms with Gasteiger partial charge in [-0.3, -0.25) is 9.89 Å². The molecule has 104 valence electrons. The van der Waals surface area contributed by atoms with Crippen LogP contribution in [0.3, 0.4) is 0 Å². The number of benzene rings is 1. The summed E-state index contributed by atoms with van der Waals surface area (Å²) < 4.78 is 4.66. The van der Waals surface area contributed by atoms with Gasteiger partial charge in [0.15, 0.2) is 5.69 Å². The number of hydrogen-bond acceptors (Lipinski definition) is 4. The van der Waals surface area contributed by atoms with Crippen LogP contribution in [0.2, 0.25) is 0 Å². The van der Waals surface area contributed by atoms with E-state index >= 15 is 0 Å². The molecule has 1 aromatic heterocycles. The number of hydrogen-bond donors (Lipinski definition) is 2. The molecule has 2 aromatic rings. The van der Waals surface area contributed by atoms with Gasteiger partial charge in [-0.25, -0.2) is 4.79 Å². The second-order valence-corrected chi connectivity index (χ2v) is 4.25. The maximum Gasteiger partial charge on any atom is 0.359 e. The number of nitrogens with one attached hydrogen (secondary N) is 2. The Balaban J connectivity index is 2.37. The van der Waals surface area contributed by atoms with E-state index in [1.54, 1.807) is 38.1 Å². The van der Waals surface area contributed by atoms with Gasteiger partial charge in [0.25, 0.3) is 5.91 Å². The molecule has 0 aliphatic carbocycles. The summed E-state index contributed by atoms with van der Waals surface area (Å²) in [5, 5.41) is 10.0. The first-order chi connectivity index (χ1) is 9.56. The quantitative estimate of drug-likeness (QED) is 0.663. The average Bonchev–Trinajstić information content (AvgIpc) is 2.88. The number of methoxy groups -OCH3 is 1. The number of rotatable bonds is 3. The minimum Gasteiger partial charge on any atom is -0.464 e. The molecule has 2 N–H and O–H groups in total. The van der Waals surface area contributed by atoms with Gasteiger partial charge in [0, 0.05) is 16.6 Å². The van der Waals surface area contributed by atoms with Crippen LogP contribution in [0.25, 0.3) is 10.9 Å². The van der Waals surface area contributed by atoms with Gasteiger partial charge in [0.1, 0.15) is 0 Å². The number of aromatic nitrogens is 2. The lowest BCUT2D eigenvalue weighted by Crippen LogP contribution is -2.12. The fraction of sp³-hybridized carbons (Fsp3) is 0.214. The predicted octanol–water partition coefficient (Wildman–Crippen LogP) is 2.25. The van der Waals surface area contributed by atoms with Crippen molar-refractivity contribution in [3.8, 4) is 0 Å². The number of nitrogens with zero attached hydrogens (tertiary/aromatic N) is 1. The number of esters is 1. The third-order valence-electron chi connectivity index (χ3n) is 2.99. The van der Waals surface area contributed by atoms with Gasteiger partial charge in [-0.1, -0.05) is 6.08 Å². The summed E-state index contributed by atoms with van der Waals surface area (Å²) in [6.07, 6.45) is 1.73. The maximum absolute atomic E-state index is 11.8. The molecule has 20 heavy (non-hydrogen) atoms. The minimum atomic E-state index is -0.524. The fourth-order valence-electron chi connectivity index (χ4n) is 1.70. The Hall–Kier alpha value is -2.63. The summed E-state index contributed by atoms with van der Waals surface area (Å²) in [7, 11) is 1.30. The van der Waals surface area contributed by atoms with Crippen molar-refractivity contribution >= 4 is 28.5 Å². The molecule has 0 aliphatic heterocycles. The van der Waals surface area contributed by atoms with E-state index in [2.05, 4.69) is 20.3 Å². The van der Waals surface area contributed by atoms with Crippen LogP contribution in [0.1, 0.15) is 24.3 Å². The Kier molecular flexibility index (Phi) is 3.84. The van der Waals surface area contributed by atoms with Gasteiger partial charge < -0.3 is 10.1 Å². The van der Waals surface area contributed by atoms with Crippen LogP contribution in [0.5, 0.6) is 0 Å². The summed E-state index contributed by atoms with van der Waals surface area (Å²) in [5.74, 6) is -0.709. The van der Waals surface area contributed by atoms with Crippen molar-refractivity contribution in [3.63, 3.8) is 0 Å². The third kappa shape index (κ3) is 2.54. The molecular formula is C14H15N3O3. The van der Waals surface area contributed by atoms with Crippen molar-refractivity contribution in [2.45, 2.75) is 13.8 Å². The van der Waals surface area contributed by atoms with Gasteiger partial charge in [0.2, 0.25) is 0 Å². The molecular weight excluding hydrogens is 258 g/mol. The number of amides is 1. The van der Waals surface area contributed by atoms with Gasteiger partial charge in [-0.05, 0) is 32.0 Å². The van der Waals surface area contributed by atoms with E-state index in [1.165, 1.54) is 7.11 Å². The lowest BCUT2D eigenvalue weighted by Gasteiger charge is -2.05. The van der Waals surface area contributed by atoms with Crippen LogP contribution < -0.4 is 5.32 Å². The first-order valence-corrected chi connectivity index (χ1v) is 6.07. The molecule has 6 heteroatoms. The zero-order valence-electron chi connectivity index (χ0n) is 11.5. The van der Waals surface area contributed by atoms with Crippen molar-refractivity contribution in [1.29, 1.82) is 0 Å². The standard InChI is InChI=1S/C14H15N3O3/c1-4-8(2)13(18)15-9-5-6-11-10(7-9)12(17-16-11)14(19)20-3/h4-7H,1-3H3,(H,15,18)(H,16,17)/b8-4+. The van der Waals surface area contributed by atoms with Crippen LogP contribution in [0.15, 0.2) is 29.8 Å². The minimum absolute atomic E-state index is 0.185. The van der Waals surface area contributed by atoms with Crippen molar-refractivity contribution < 1.29 is 14.3 Å². The number of allylic oxidation sites excluding steroid dienone is 1. The highest BCUT2D eigenvalue weighted by atomic mass is 16.5. The van der Waals surface area contributed by atoms with E-state index < -0.39 is 5.97 Å². The first-order valence-electron chi connectivity index (χ1n) is 6.07. The number of H-pyrrole nitrogens is 1. The Bertz CT molecular complexity index is 701. The van der Waals surface area contributed by atoms with Crippen molar-refractivity contribution in [1.82, 2.24) is 10.2 Å². The monoisotopic (exact) mass is 273 g/mol. The molecule has 0 radical (unpaired) electrons. The largest absolute Gasteiger partial charge is 0.464 e. The van der Waals surface area contributed by atoms with E-state index in [1.807, 2.05) is 0 Å². The highest BCUT2D eigenvalue weighted by Crippen LogP contribution is 2.21. The molecule has 6 nitrogen and oxygen atoms in total. The van der Waals surface area contributed by atoms with Crippen LogP contribution >= 0.6 is 0 Å². The SMILES string of the molecule is C/C=C(\C)C(=O)Nc1ccc2[nH]nc(C(=O)OC)c2c1. The molecule has 0 bridgehead atoms. The predicted molar refractivity (Wildman–Crippen MR) is 75.5 cm³/mol. The van der Waals surface area contributed by atoms with Crippen LogP contribution in [-0.4, -0.2) is 29.2 Å². The van der Waals surface area contributed by atoms with Crippen molar-refractivity contribution in [3.05, 3.63) is 35.5 Å². The summed E-state index contributed by atoms with van der Waals surface area (Å²) in [6, 6.07) is 5.17. The number of aromatic amines is 1. The summed E-state index contributed by atoms with van der Waals surface area (Å²) in [6.45, 7) is 3.52. The van der Waals surface area contributed by atoms with Crippen LogP contribution in [-0.2, 0) is 9.53 Å². The highest BCUT2D eigenvalue weighted by Gasteiger charge is 2.15. The number of carbonyl (C=O) groups excluding carboxylic acids is 2. The molecule has 0 saturated heterocycles. The van der Waals surface area contributed by atoms with Crippen LogP contribution in [0.4, 0.5) is 5.69 Å². The molecule has 1 heterocycles. The molecule has 0 aliphatic rings. The smallest absolute Gasteiger partial charge is 0.359 e. The lowest BCUT2D eigenvalue weighted by atomic mass is 10.1. The summed E-state index contributed by atoms with van der Waals surface area (Å²) in [4.78, 5) is 23.4. The van der Waals surface area contributed by atoms with Crippen molar-refractivity contribution in [2.75, 3.05) is 12.4 Å². The average molecular weight is 273 g/mol. The molecule has 0 fully saturated rings. The second-order valence-electron chi connectivity index (χ2n) is 4.25. The zero-order valence-corrected chi connectivity index (χ0v) is 11.5. The van der Waals surface area contributed by atoms with Gasteiger partial charge >= 0.3 is 5.97 Å². The molecule has 0 spiro atoms. The third-order valence-corrected chi connectivity index (χ3v) is 2.99. The Morgan fingerprint density at radius 1 is 1.40 bits per heavy atom. The van der Waals surface area contributed by atoms with Crippen molar-refractivity contribution in [2.24, 2.45) is 0 Å². The number of anilines is 1. The highest BCUT2D eigenvalue weighted by molar-refractivity contribution is 6.06. The van der Waals surface area contributed by atoms with E-state index in [-0.39, 0.29) is 11.6 Å². The molecule has 0 saturated carbocycles. The van der Waals surface area contributed by atoms with E-state index in [9.17, 15) is 9.59 Å². The fourth-order valence-corrected chi connectivity index (χ4v) is 1.70. The topological polar surface area (TPSA) is 84.1 Å². The summed E-state index contributed by atoms with van der Waals surface area (Å²) in [5.41, 5.74) is 2.10. The number of fused-ring (bicyclic) bond motifs is 1. The normalized spacial score (nSPS) is 11.4. The maximum atomic E-state index is 11.8. The first kappa shape index (κ1) is 13.8.